The lowest BCUT2D eigenvalue weighted by atomic mass is 10.1. The van der Waals surface area contributed by atoms with E-state index in [9.17, 15) is 18.0 Å². The maximum atomic E-state index is 12.3. The van der Waals surface area contributed by atoms with E-state index >= 15 is 0 Å². The van der Waals surface area contributed by atoms with Crippen LogP contribution < -0.4 is 10.6 Å². The number of rotatable bonds is 6. The average Bonchev–Trinajstić information content (AvgIpc) is 2.89. The number of benzene rings is 1. The molecule has 1 aliphatic heterocycles. The molecule has 0 aromatic heterocycles. The van der Waals surface area contributed by atoms with Crippen LogP contribution in [0.2, 0.25) is 0 Å². The van der Waals surface area contributed by atoms with Crippen molar-refractivity contribution in [1.82, 2.24) is 10.2 Å². The third-order valence-electron chi connectivity index (χ3n) is 3.59. The van der Waals surface area contributed by atoms with Gasteiger partial charge in [0, 0.05) is 18.8 Å². The molecule has 138 valence electrons. The summed E-state index contributed by atoms with van der Waals surface area (Å²) >= 11 is 0. The highest BCUT2D eigenvalue weighted by molar-refractivity contribution is 5.85. The van der Waals surface area contributed by atoms with Gasteiger partial charge in [-0.25, -0.2) is 0 Å². The lowest BCUT2D eigenvalue weighted by molar-refractivity contribution is -0.143. The van der Waals surface area contributed by atoms with E-state index in [1.165, 1.54) is 4.90 Å². The smallest absolute Gasteiger partial charge is 0.376 e. The molecule has 1 unspecified atom stereocenters. The normalized spacial score (nSPS) is 17.5. The second kappa shape index (κ2) is 10.6. The Hall–Kier alpha value is -1.18. The predicted octanol–water partition coefficient (Wildman–Crippen LogP) is 2.94. The van der Waals surface area contributed by atoms with Crippen molar-refractivity contribution in [2.24, 2.45) is 5.92 Å². The van der Waals surface area contributed by atoms with Gasteiger partial charge in [-0.2, -0.15) is 13.2 Å². The SMILES string of the molecule is Cl.Cl.O=C(CNc1ccccc1)NCC1CCN(CC(F)(F)F)C1. The van der Waals surface area contributed by atoms with Crippen molar-refractivity contribution < 1.29 is 18.0 Å². The number of likely N-dealkylation sites (tertiary alicyclic amines) is 1. The van der Waals surface area contributed by atoms with Crippen molar-refractivity contribution in [3.8, 4) is 0 Å². The molecule has 2 N–H and O–H groups in total. The summed E-state index contributed by atoms with van der Waals surface area (Å²) in [6.45, 7) is 0.522. The summed E-state index contributed by atoms with van der Waals surface area (Å²) in [4.78, 5) is 13.1. The van der Waals surface area contributed by atoms with E-state index in [1.54, 1.807) is 0 Å². The van der Waals surface area contributed by atoms with Gasteiger partial charge in [0.15, 0.2) is 0 Å². The van der Waals surface area contributed by atoms with Crippen LogP contribution in [0.25, 0.3) is 0 Å². The minimum atomic E-state index is -4.16. The van der Waals surface area contributed by atoms with E-state index in [0.29, 0.717) is 26.1 Å². The molecule has 1 heterocycles. The second-order valence-corrected chi connectivity index (χ2v) is 5.53. The van der Waals surface area contributed by atoms with Gasteiger partial charge < -0.3 is 10.6 Å². The van der Waals surface area contributed by atoms with Gasteiger partial charge in [0.2, 0.25) is 5.91 Å². The van der Waals surface area contributed by atoms with Gasteiger partial charge in [0.1, 0.15) is 0 Å². The summed E-state index contributed by atoms with van der Waals surface area (Å²) < 4.78 is 36.9. The topological polar surface area (TPSA) is 44.4 Å². The molecule has 1 amide bonds. The Labute approximate surface area is 152 Å². The predicted molar refractivity (Wildman–Crippen MR) is 93.0 cm³/mol. The fourth-order valence-electron chi connectivity index (χ4n) is 2.54. The number of hydrogen-bond acceptors (Lipinski definition) is 3. The number of alkyl halides is 3. The summed E-state index contributed by atoms with van der Waals surface area (Å²) in [7, 11) is 0. The monoisotopic (exact) mass is 387 g/mol. The van der Waals surface area contributed by atoms with Gasteiger partial charge in [-0.1, -0.05) is 18.2 Å². The van der Waals surface area contributed by atoms with E-state index in [4.69, 9.17) is 0 Å². The number of halogens is 5. The highest BCUT2D eigenvalue weighted by Crippen LogP contribution is 2.22. The molecule has 0 saturated carbocycles. The summed E-state index contributed by atoms with van der Waals surface area (Å²) in [5.41, 5.74) is 0.856. The first-order valence-electron chi connectivity index (χ1n) is 7.27. The van der Waals surface area contributed by atoms with Crippen molar-refractivity contribution >= 4 is 36.4 Å². The molecule has 4 nitrogen and oxygen atoms in total. The van der Waals surface area contributed by atoms with Gasteiger partial charge in [0.05, 0.1) is 13.1 Å². The summed E-state index contributed by atoms with van der Waals surface area (Å²) in [6, 6.07) is 9.35. The molecule has 0 spiro atoms. The largest absolute Gasteiger partial charge is 0.401 e. The summed E-state index contributed by atoms with van der Waals surface area (Å²) in [5, 5.41) is 5.76. The molecule has 9 heteroatoms. The quantitative estimate of drug-likeness (QED) is 0.788. The molecular weight excluding hydrogens is 366 g/mol. The molecule has 2 rings (SSSR count). The molecular formula is C15H22Cl2F3N3O. The first-order valence-corrected chi connectivity index (χ1v) is 7.27. The van der Waals surface area contributed by atoms with Crippen LogP contribution in [0, 0.1) is 5.92 Å². The van der Waals surface area contributed by atoms with Crippen LogP contribution in [-0.2, 0) is 4.79 Å². The minimum absolute atomic E-state index is 0. The van der Waals surface area contributed by atoms with Crippen LogP contribution in [0.15, 0.2) is 30.3 Å². The van der Waals surface area contributed by atoms with Gasteiger partial charge in [0.25, 0.3) is 0 Å². The third kappa shape index (κ3) is 8.61. The number of para-hydroxylation sites is 1. The van der Waals surface area contributed by atoms with Crippen LogP contribution in [0.4, 0.5) is 18.9 Å². The molecule has 1 aliphatic rings. The van der Waals surface area contributed by atoms with Crippen molar-refractivity contribution in [3.05, 3.63) is 30.3 Å². The lowest BCUT2D eigenvalue weighted by Crippen LogP contribution is -2.36. The summed E-state index contributed by atoms with van der Waals surface area (Å²) in [5.74, 6) is -0.0684. The Kier molecular flexibility index (Phi) is 10.1. The average molecular weight is 388 g/mol. The van der Waals surface area contributed by atoms with E-state index in [1.807, 2.05) is 30.3 Å². The summed E-state index contributed by atoms with van der Waals surface area (Å²) in [6.07, 6.45) is -3.47. The Morgan fingerprint density at radius 2 is 1.88 bits per heavy atom. The van der Waals surface area contributed by atoms with Crippen molar-refractivity contribution in [2.45, 2.75) is 12.6 Å². The van der Waals surface area contributed by atoms with Crippen LogP contribution >= 0.6 is 24.8 Å². The van der Waals surface area contributed by atoms with E-state index in [-0.39, 0.29) is 43.2 Å². The highest BCUT2D eigenvalue weighted by Gasteiger charge is 2.34. The minimum Gasteiger partial charge on any atom is -0.376 e. The maximum Gasteiger partial charge on any atom is 0.401 e. The van der Waals surface area contributed by atoms with Crippen LogP contribution in [0.1, 0.15) is 6.42 Å². The molecule has 1 aromatic rings. The van der Waals surface area contributed by atoms with Crippen molar-refractivity contribution in [1.29, 1.82) is 0 Å². The van der Waals surface area contributed by atoms with Crippen molar-refractivity contribution in [3.63, 3.8) is 0 Å². The zero-order chi connectivity index (χ0) is 16.0. The fourth-order valence-corrected chi connectivity index (χ4v) is 2.54. The first kappa shape index (κ1) is 22.8. The third-order valence-corrected chi connectivity index (χ3v) is 3.59. The molecule has 0 bridgehead atoms. The number of carbonyl (C=O) groups is 1. The Balaban J connectivity index is 0.00000264. The standard InChI is InChI=1S/C15H20F3N3O.2ClH/c16-15(17,18)11-21-7-6-12(10-21)8-20-14(22)9-19-13-4-2-1-3-5-13;;/h1-5,12,19H,6-11H2,(H,20,22);2*1H. The first-order chi connectivity index (χ1) is 10.4. The second-order valence-electron chi connectivity index (χ2n) is 5.53. The van der Waals surface area contributed by atoms with E-state index in [0.717, 1.165) is 5.69 Å². The number of hydrogen-bond donors (Lipinski definition) is 2. The molecule has 0 aliphatic carbocycles. The molecule has 1 aromatic carbocycles. The Morgan fingerprint density at radius 3 is 2.50 bits per heavy atom. The lowest BCUT2D eigenvalue weighted by Gasteiger charge is -2.18. The zero-order valence-corrected chi connectivity index (χ0v) is 14.6. The molecule has 1 fully saturated rings. The number of nitrogens with one attached hydrogen (secondary N) is 2. The van der Waals surface area contributed by atoms with Gasteiger partial charge in [-0.15, -0.1) is 24.8 Å². The number of anilines is 1. The van der Waals surface area contributed by atoms with Crippen LogP contribution in [0.5, 0.6) is 0 Å². The number of nitrogens with zero attached hydrogens (tertiary/aromatic N) is 1. The molecule has 1 saturated heterocycles. The molecule has 1 atom stereocenters. The zero-order valence-electron chi connectivity index (χ0n) is 13.0. The molecule has 0 radical (unpaired) electrons. The molecule has 24 heavy (non-hydrogen) atoms. The van der Waals surface area contributed by atoms with E-state index < -0.39 is 12.7 Å². The van der Waals surface area contributed by atoms with Crippen LogP contribution in [-0.4, -0.2) is 49.7 Å². The fraction of sp³-hybridized carbons (Fsp3) is 0.533. The highest BCUT2D eigenvalue weighted by atomic mass is 35.5. The number of carbonyl (C=O) groups excluding carboxylic acids is 1. The van der Waals surface area contributed by atoms with Gasteiger partial charge in [-0.3, -0.25) is 9.69 Å². The van der Waals surface area contributed by atoms with E-state index in [2.05, 4.69) is 10.6 Å². The van der Waals surface area contributed by atoms with Gasteiger partial charge in [-0.05, 0) is 31.0 Å². The van der Waals surface area contributed by atoms with Crippen LogP contribution in [0.3, 0.4) is 0 Å². The number of amides is 1. The van der Waals surface area contributed by atoms with Gasteiger partial charge >= 0.3 is 6.18 Å². The Morgan fingerprint density at radius 1 is 1.21 bits per heavy atom. The maximum absolute atomic E-state index is 12.3. The Bertz CT molecular complexity index is 489. The van der Waals surface area contributed by atoms with Crippen molar-refractivity contribution in [2.75, 3.05) is 38.0 Å².